The molecule has 0 amide bonds. The first kappa shape index (κ1) is 24.8. The average molecular weight is 565 g/mol. The van der Waals surface area contributed by atoms with E-state index < -0.39 is 0 Å². The summed E-state index contributed by atoms with van der Waals surface area (Å²) in [7, 11) is 0. The number of para-hydroxylation sites is 1. The van der Waals surface area contributed by atoms with Crippen molar-refractivity contribution in [3.05, 3.63) is 151 Å². The molecule has 208 valence electrons. The van der Waals surface area contributed by atoms with Crippen LogP contribution in [-0.4, -0.2) is 6.54 Å². The van der Waals surface area contributed by atoms with Crippen LogP contribution in [0, 0.1) is 0 Å². The van der Waals surface area contributed by atoms with Gasteiger partial charge in [-0.05, 0) is 73.8 Å². The van der Waals surface area contributed by atoms with Gasteiger partial charge in [0.2, 0.25) is 5.88 Å². The Kier molecular flexibility index (Phi) is 5.57. The fourth-order valence-corrected chi connectivity index (χ4v) is 6.74. The van der Waals surface area contributed by atoms with E-state index in [4.69, 9.17) is 4.42 Å². The average Bonchev–Trinajstić information content (AvgIpc) is 3.48. The maximum atomic E-state index is 6.55. The zero-order chi connectivity index (χ0) is 29.0. The quantitative estimate of drug-likeness (QED) is 0.216. The summed E-state index contributed by atoms with van der Waals surface area (Å²) in [5.41, 5.74) is 7.51. The van der Waals surface area contributed by atoms with Gasteiger partial charge in [-0.1, -0.05) is 121 Å². The van der Waals surface area contributed by atoms with Gasteiger partial charge in [-0.2, -0.15) is 0 Å². The van der Waals surface area contributed by atoms with Gasteiger partial charge in [-0.3, -0.25) is 0 Å². The highest BCUT2D eigenvalue weighted by molar-refractivity contribution is 6.21. The third-order valence-electron chi connectivity index (χ3n) is 8.84. The topological polar surface area (TPSA) is 28.4 Å². The van der Waals surface area contributed by atoms with Crippen molar-refractivity contribution in [3.8, 4) is 11.1 Å². The lowest BCUT2D eigenvalue weighted by molar-refractivity contribution is 0.628. The van der Waals surface area contributed by atoms with Crippen LogP contribution in [0.1, 0.15) is 5.56 Å². The van der Waals surface area contributed by atoms with Gasteiger partial charge in [-0.25, -0.2) is 0 Å². The molecule has 3 heteroatoms. The Bertz CT molecular complexity index is 2380. The molecule has 1 N–H and O–H groups in total. The first-order chi connectivity index (χ1) is 21.8. The lowest BCUT2D eigenvalue weighted by Gasteiger charge is -2.26. The van der Waals surface area contributed by atoms with E-state index in [-0.39, 0.29) is 0 Å². The second-order valence-corrected chi connectivity index (χ2v) is 11.4. The standard InChI is InChI=1S/C41H28N2O/c1-2-8-27(9-3-1)28-19-22-32(23-20-28)43(38-14-6-12-35-36-13-7-25-42-41(36)44-40(35)38)33-24-21-30-16-18-31-17-15-29-10-4-5-11-34(29)39(31)37(30)26-33/h1-24,26,42H,25H2. The number of nitrogens with one attached hydrogen (secondary N) is 1. The minimum atomic E-state index is 0.762. The van der Waals surface area contributed by atoms with Crippen LogP contribution in [0.2, 0.25) is 0 Å². The summed E-state index contributed by atoms with van der Waals surface area (Å²) in [5.74, 6) is 0.824. The molecule has 0 bridgehead atoms. The van der Waals surface area contributed by atoms with E-state index in [0.717, 1.165) is 46.0 Å². The summed E-state index contributed by atoms with van der Waals surface area (Å²) in [6.45, 7) is 0.762. The molecule has 2 heterocycles. The molecule has 1 aromatic heterocycles. The Morgan fingerprint density at radius 1 is 0.545 bits per heavy atom. The van der Waals surface area contributed by atoms with Crippen molar-refractivity contribution < 1.29 is 4.42 Å². The molecule has 0 spiro atoms. The van der Waals surface area contributed by atoms with Crippen LogP contribution in [-0.2, 0) is 0 Å². The minimum Gasteiger partial charge on any atom is -0.438 e. The fourth-order valence-electron chi connectivity index (χ4n) is 6.74. The van der Waals surface area contributed by atoms with Crippen LogP contribution >= 0.6 is 0 Å². The van der Waals surface area contributed by atoms with Crippen molar-refractivity contribution in [1.29, 1.82) is 0 Å². The Morgan fingerprint density at radius 3 is 2.09 bits per heavy atom. The number of fused-ring (bicyclic) bond motifs is 8. The number of rotatable bonds is 4. The molecule has 1 aliphatic rings. The highest BCUT2D eigenvalue weighted by atomic mass is 16.4. The molecule has 0 saturated heterocycles. The summed E-state index contributed by atoms with van der Waals surface area (Å²) in [5, 5.41) is 12.0. The summed E-state index contributed by atoms with van der Waals surface area (Å²) in [6.07, 6.45) is 4.30. The highest BCUT2D eigenvalue weighted by Crippen LogP contribution is 2.45. The molecule has 0 radical (unpaired) electrons. The van der Waals surface area contributed by atoms with Crippen molar-refractivity contribution in [2.45, 2.75) is 0 Å². The Labute approximate surface area is 255 Å². The number of hydrogen-bond donors (Lipinski definition) is 1. The number of furan rings is 1. The zero-order valence-corrected chi connectivity index (χ0v) is 24.0. The maximum Gasteiger partial charge on any atom is 0.201 e. The third kappa shape index (κ3) is 3.90. The van der Waals surface area contributed by atoms with Crippen molar-refractivity contribution in [2.75, 3.05) is 16.8 Å². The second-order valence-electron chi connectivity index (χ2n) is 11.4. The van der Waals surface area contributed by atoms with Crippen molar-refractivity contribution >= 4 is 72.3 Å². The maximum absolute atomic E-state index is 6.55. The van der Waals surface area contributed by atoms with Gasteiger partial charge in [-0.15, -0.1) is 0 Å². The molecule has 3 nitrogen and oxygen atoms in total. The normalized spacial score (nSPS) is 12.5. The van der Waals surface area contributed by atoms with Crippen LogP contribution in [0.3, 0.4) is 0 Å². The van der Waals surface area contributed by atoms with Gasteiger partial charge >= 0.3 is 0 Å². The van der Waals surface area contributed by atoms with Crippen LogP contribution in [0.25, 0.3) is 60.5 Å². The van der Waals surface area contributed by atoms with Crippen LogP contribution in [0.15, 0.2) is 150 Å². The van der Waals surface area contributed by atoms with Crippen LogP contribution < -0.4 is 10.2 Å². The Hall–Kier alpha value is -5.80. The molecule has 1 aliphatic heterocycles. The third-order valence-corrected chi connectivity index (χ3v) is 8.84. The molecule has 0 atom stereocenters. The predicted octanol–water partition coefficient (Wildman–Crippen LogP) is 11.5. The largest absolute Gasteiger partial charge is 0.438 e. The molecule has 0 aliphatic carbocycles. The van der Waals surface area contributed by atoms with Gasteiger partial charge in [0.05, 0.1) is 5.69 Å². The molecule has 0 fully saturated rings. The van der Waals surface area contributed by atoms with E-state index in [0.29, 0.717) is 0 Å². The van der Waals surface area contributed by atoms with Crippen LogP contribution in [0.4, 0.5) is 22.9 Å². The van der Waals surface area contributed by atoms with E-state index in [1.807, 2.05) is 0 Å². The minimum absolute atomic E-state index is 0.762. The van der Waals surface area contributed by atoms with E-state index in [1.165, 1.54) is 43.4 Å². The number of anilines is 4. The van der Waals surface area contributed by atoms with E-state index in [1.54, 1.807) is 0 Å². The summed E-state index contributed by atoms with van der Waals surface area (Å²) in [4.78, 5) is 2.33. The second kappa shape index (κ2) is 9.89. The lowest BCUT2D eigenvalue weighted by atomic mass is 9.96. The smallest absolute Gasteiger partial charge is 0.201 e. The molecule has 44 heavy (non-hydrogen) atoms. The van der Waals surface area contributed by atoms with E-state index >= 15 is 0 Å². The molecular formula is C41H28N2O. The molecule has 0 unspecified atom stereocenters. The van der Waals surface area contributed by atoms with Gasteiger partial charge in [0.25, 0.3) is 0 Å². The number of benzene rings is 7. The van der Waals surface area contributed by atoms with Gasteiger partial charge in [0, 0.05) is 28.9 Å². The highest BCUT2D eigenvalue weighted by Gasteiger charge is 2.22. The SMILES string of the molecule is C1=Cc2c(oc3c(N(c4ccc(-c5ccccc5)cc4)c4ccc5ccc6ccc7ccccc7c6c5c4)cccc23)NC1. The molecule has 9 rings (SSSR count). The summed E-state index contributed by atoms with van der Waals surface area (Å²) < 4.78 is 6.55. The molecule has 0 saturated carbocycles. The first-order valence-electron chi connectivity index (χ1n) is 15.1. The van der Waals surface area contributed by atoms with Crippen molar-refractivity contribution in [1.82, 2.24) is 0 Å². The lowest BCUT2D eigenvalue weighted by Crippen LogP contribution is -2.10. The summed E-state index contributed by atoms with van der Waals surface area (Å²) in [6, 6.07) is 50.2. The summed E-state index contributed by atoms with van der Waals surface area (Å²) >= 11 is 0. The van der Waals surface area contributed by atoms with Gasteiger partial charge < -0.3 is 14.6 Å². The predicted molar refractivity (Wildman–Crippen MR) is 186 cm³/mol. The fraction of sp³-hybridized carbons (Fsp3) is 0.0244. The Morgan fingerprint density at radius 2 is 1.23 bits per heavy atom. The van der Waals surface area contributed by atoms with Gasteiger partial charge in [0.1, 0.15) is 0 Å². The molecular weight excluding hydrogens is 536 g/mol. The van der Waals surface area contributed by atoms with E-state index in [2.05, 4.69) is 162 Å². The van der Waals surface area contributed by atoms with Crippen molar-refractivity contribution in [3.63, 3.8) is 0 Å². The zero-order valence-electron chi connectivity index (χ0n) is 24.0. The Balaban J connectivity index is 1.30. The monoisotopic (exact) mass is 564 g/mol. The number of hydrogen-bond acceptors (Lipinski definition) is 3. The molecule has 8 aromatic rings. The van der Waals surface area contributed by atoms with Crippen molar-refractivity contribution in [2.24, 2.45) is 0 Å². The van der Waals surface area contributed by atoms with Crippen LogP contribution in [0.5, 0.6) is 0 Å². The first-order valence-corrected chi connectivity index (χ1v) is 15.1. The number of nitrogens with zero attached hydrogens (tertiary/aromatic N) is 1. The van der Waals surface area contributed by atoms with Gasteiger partial charge in [0.15, 0.2) is 5.58 Å². The molecule has 7 aromatic carbocycles. The van der Waals surface area contributed by atoms with E-state index in [9.17, 15) is 0 Å².